The third-order valence-electron chi connectivity index (χ3n) is 1.73. The molecule has 0 spiro atoms. The Morgan fingerprint density at radius 3 is 2.50 bits per heavy atom. The lowest BCUT2D eigenvalue weighted by Gasteiger charge is -2.08. The molecular formula is C8H7F3N2O3. The van der Waals surface area contributed by atoms with Crippen LogP contribution in [-0.4, -0.2) is 12.0 Å². The molecule has 0 atom stereocenters. The quantitative estimate of drug-likeness (QED) is 0.647. The van der Waals surface area contributed by atoms with E-state index in [0.717, 1.165) is 12.1 Å². The van der Waals surface area contributed by atoms with Crippen LogP contribution in [0.1, 0.15) is 5.56 Å². The van der Waals surface area contributed by atoms with Gasteiger partial charge in [0, 0.05) is 6.07 Å². The van der Waals surface area contributed by atoms with Gasteiger partial charge in [0.1, 0.15) is 5.69 Å². The molecule has 5 nitrogen and oxygen atoms in total. The van der Waals surface area contributed by atoms with Crippen molar-refractivity contribution < 1.29 is 22.9 Å². The topological polar surface area (TPSA) is 64.4 Å². The first-order valence-corrected chi connectivity index (χ1v) is 4.01. The van der Waals surface area contributed by atoms with Crippen molar-refractivity contribution in [2.24, 2.45) is 0 Å². The SMILES string of the molecule is CONc1ccc(C(F)(F)F)cc1[N+](=O)[O-]. The Balaban J connectivity index is 3.23. The summed E-state index contributed by atoms with van der Waals surface area (Å²) in [5.74, 6) is 0. The number of nitrogens with zero attached hydrogens (tertiary/aromatic N) is 1. The second-order valence-electron chi connectivity index (χ2n) is 2.79. The number of nitrogens with one attached hydrogen (secondary N) is 1. The van der Waals surface area contributed by atoms with Gasteiger partial charge < -0.3 is 0 Å². The molecule has 0 aromatic heterocycles. The summed E-state index contributed by atoms with van der Waals surface area (Å²) in [7, 11) is 1.20. The molecule has 0 fully saturated rings. The van der Waals surface area contributed by atoms with E-state index in [1.165, 1.54) is 7.11 Å². The number of anilines is 1. The third kappa shape index (κ3) is 2.60. The summed E-state index contributed by atoms with van der Waals surface area (Å²) in [4.78, 5) is 14.0. The van der Waals surface area contributed by atoms with Gasteiger partial charge in [-0.2, -0.15) is 13.2 Å². The molecular weight excluding hydrogens is 229 g/mol. The highest BCUT2D eigenvalue weighted by Crippen LogP contribution is 2.34. The fraction of sp³-hybridized carbons (Fsp3) is 0.250. The smallest absolute Gasteiger partial charge is 0.279 e. The van der Waals surface area contributed by atoms with Crippen LogP contribution in [0.15, 0.2) is 18.2 Å². The number of halogens is 3. The van der Waals surface area contributed by atoms with Gasteiger partial charge in [0.05, 0.1) is 17.6 Å². The van der Waals surface area contributed by atoms with Gasteiger partial charge in [-0.05, 0) is 12.1 Å². The minimum absolute atomic E-state index is 0.138. The van der Waals surface area contributed by atoms with E-state index in [4.69, 9.17) is 0 Å². The number of alkyl halides is 3. The van der Waals surface area contributed by atoms with E-state index >= 15 is 0 Å². The molecule has 88 valence electrons. The first kappa shape index (κ1) is 12.2. The molecule has 0 radical (unpaired) electrons. The average Bonchev–Trinajstić information content (AvgIpc) is 2.16. The Labute approximate surface area is 87.9 Å². The van der Waals surface area contributed by atoms with Crippen LogP contribution in [0.4, 0.5) is 24.5 Å². The van der Waals surface area contributed by atoms with E-state index in [9.17, 15) is 23.3 Å². The van der Waals surface area contributed by atoms with E-state index in [0.29, 0.717) is 6.07 Å². The van der Waals surface area contributed by atoms with Crippen LogP contribution in [0.2, 0.25) is 0 Å². The Kier molecular flexibility index (Phi) is 3.33. The first-order chi connectivity index (χ1) is 7.36. The van der Waals surface area contributed by atoms with Crippen molar-refractivity contribution in [3.05, 3.63) is 33.9 Å². The van der Waals surface area contributed by atoms with Crippen molar-refractivity contribution in [1.29, 1.82) is 0 Å². The molecule has 1 aromatic rings. The Bertz CT molecular complexity index is 406. The molecule has 0 aliphatic heterocycles. The van der Waals surface area contributed by atoms with Crippen LogP contribution < -0.4 is 5.48 Å². The molecule has 0 amide bonds. The van der Waals surface area contributed by atoms with Crippen LogP contribution in [0.3, 0.4) is 0 Å². The maximum absolute atomic E-state index is 12.3. The van der Waals surface area contributed by atoms with Gasteiger partial charge in [0.25, 0.3) is 5.69 Å². The normalized spacial score (nSPS) is 11.2. The number of nitro groups is 1. The molecule has 0 saturated heterocycles. The molecule has 16 heavy (non-hydrogen) atoms. The summed E-state index contributed by atoms with van der Waals surface area (Å²) >= 11 is 0. The minimum Gasteiger partial charge on any atom is -0.279 e. The number of hydrogen-bond acceptors (Lipinski definition) is 4. The van der Waals surface area contributed by atoms with Crippen molar-refractivity contribution in [1.82, 2.24) is 0 Å². The van der Waals surface area contributed by atoms with E-state index in [2.05, 4.69) is 10.3 Å². The van der Waals surface area contributed by atoms with Crippen LogP contribution in [0.5, 0.6) is 0 Å². The largest absolute Gasteiger partial charge is 0.416 e. The monoisotopic (exact) mass is 236 g/mol. The summed E-state index contributed by atoms with van der Waals surface area (Å²) < 4.78 is 36.8. The Morgan fingerprint density at radius 1 is 1.44 bits per heavy atom. The summed E-state index contributed by atoms with van der Waals surface area (Å²) in [6.45, 7) is 0. The predicted molar refractivity (Wildman–Crippen MR) is 48.7 cm³/mol. The summed E-state index contributed by atoms with van der Waals surface area (Å²) in [5, 5.41) is 10.5. The van der Waals surface area contributed by atoms with Crippen LogP contribution in [0, 0.1) is 10.1 Å². The number of rotatable bonds is 3. The second kappa shape index (κ2) is 4.35. The Hall–Kier alpha value is -1.83. The second-order valence-corrected chi connectivity index (χ2v) is 2.79. The predicted octanol–water partition coefficient (Wildman–Crippen LogP) is 2.59. The maximum Gasteiger partial charge on any atom is 0.416 e. The van der Waals surface area contributed by atoms with Gasteiger partial charge in [-0.25, -0.2) is 0 Å². The molecule has 0 unspecified atom stereocenters. The van der Waals surface area contributed by atoms with Crippen LogP contribution in [-0.2, 0) is 11.0 Å². The van der Waals surface area contributed by atoms with Crippen molar-refractivity contribution >= 4 is 11.4 Å². The highest BCUT2D eigenvalue weighted by molar-refractivity contribution is 5.61. The van der Waals surface area contributed by atoms with E-state index < -0.39 is 22.4 Å². The summed E-state index contributed by atoms with van der Waals surface area (Å²) in [6, 6.07) is 2.11. The molecule has 1 N–H and O–H groups in total. The zero-order valence-electron chi connectivity index (χ0n) is 8.04. The van der Waals surface area contributed by atoms with E-state index in [1.807, 2.05) is 0 Å². The molecule has 0 saturated carbocycles. The van der Waals surface area contributed by atoms with Gasteiger partial charge in [0.2, 0.25) is 0 Å². The standard InChI is InChI=1S/C8H7F3N2O3/c1-16-12-6-3-2-5(8(9,10)11)4-7(6)13(14)15/h2-4,12H,1H3. The van der Waals surface area contributed by atoms with E-state index in [-0.39, 0.29) is 5.69 Å². The lowest BCUT2D eigenvalue weighted by Crippen LogP contribution is -2.07. The van der Waals surface area contributed by atoms with Gasteiger partial charge in [-0.1, -0.05) is 0 Å². The van der Waals surface area contributed by atoms with Gasteiger partial charge in [0.15, 0.2) is 0 Å². The van der Waals surface area contributed by atoms with E-state index in [1.54, 1.807) is 0 Å². The van der Waals surface area contributed by atoms with Crippen molar-refractivity contribution in [2.75, 3.05) is 12.6 Å². The Morgan fingerprint density at radius 2 is 2.06 bits per heavy atom. The summed E-state index contributed by atoms with van der Waals surface area (Å²) in [6.07, 6.45) is -4.61. The number of nitro benzene ring substituents is 1. The van der Waals surface area contributed by atoms with Crippen molar-refractivity contribution in [3.63, 3.8) is 0 Å². The fourth-order valence-electron chi connectivity index (χ4n) is 1.06. The minimum atomic E-state index is -4.61. The average molecular weight is 236 g/mol. The zero-order chi connectivity index (χ0) is 12.3. The molecule has 8 heteroatoms. The third-order valence-corrected chi connectivity index (χ3v) is 1.73. The van der Waals surface area contributed by atoms with Gasteiger partial charge in [-0.15, -0.1) is 0 Å². The van der Waals surface area contributed by atoms with Gasteiger partial charge in [-0.3, -0.25) is 20.4 Å². The molecule has 1 aromatic carbocycles. The van der Waals surface area contributed by atoms with Crippen molar-refractivity contribution in [3.8, 4) is 0 Å². The van der Waals surface area contributed by atoms with Crippen LogP contribution in [0.25, 0.3) is 0 Å². The molecule has 0 aliphatic rings. The number of hydrogen-bond donors (Lipinski definition) is 1. The highest BCUT2D eigenvalue weighted by atomic mass is 19.4. The molecule has 0 heterocycles. The summed E-state index contributed by atoms with van der Waals surface area (Å²) in [5.41, 5.74) is 0.209. The molecule has 0 bridgehead atoms. The fourth-order valence-corrected chi connectivity index (χ4v) is 1.06. The molecule has 1 rings (SSSR count). The highest BCUT2D eigenvalue weighted by Gasteiger charge is 2.33. The zero-order valence-corrected chi connectivity index (χ0v) is 8.04. The first-order valence-electron chi connectivity index (χ1n) is 4.01. The maximum atomic E-state index is 12.3. The molecule has 0 aliphatic carbocycles. The van der Waals surface area contributed by atoms with Gasteiger partial charge >= 0.3 is 6.18 Å². The lowest BCUT2D eigenvalue weighted by molar-refractivity contribution is -0.384. The van der Waals surface area contributed by atoms with Crippen molar-refractivity contribution in [2.45, 2.75) is 6.18 Å². The van der Waals surface area contributed by atoms with Crippen LogP contribution >= 0.6 is 0 Å². The number of benzene rings is 1. The lowest BCUT2D eigenvalue weighted by atomic mass is 10.1.